The van der Waals surface area contributed by atoms with Crippen molar-refractivity contribution in [1.29, 1.82) is 0 Å². The summed E-state index contributed by atoms with van der Waals surface area (Å²) in [4.78, 5) is 0. The minimum atomic E-state index is 0.326. The van der Waals surface area contributed by atoms with E-state index in [9.17, 15) is 0 Å². The topological polar surface area (TPSA) is 30.5 Å². The lowest BCUT2D eigenvalue weighted by Gasteiger charge is -2.19. The van der Waals surface area contributed by atoms with Gasteiger partial charge < -0.3 is 14.8 Å². The Labute approximate surface area is 107 Å². The van der Waals surface area contributed by atoms with Gasteiger partial charge in [0, 0.05) is 17.8 Å². The number of ether oxygens (including phenoxy) is 2. The van der Waals surface area contributed by atoms with E-state index in [0.717, 1.165) is 17.3 Å². The zero-order chi connectivity index (χ0) is 12.3. The van der Waals surface area contributed by atoms with E-state index in [4.69, 9.17) is 9.47 Å². The average molecular weight is 253 g/mol. The first kappa shape index (κ1) is 12.6. The molecule has 0 aliphatic carbocycles. The molecule has 17 heavy (non-hydrogen) atoms. The van der Waals surface area contributed by atoms with E-state index in [2.05, 4.69) is 37.6 Å². The van der Waals surface area contributed by atoms with Crippen molar-refractivity contribution in [3.8, 4) is 11.5 Å². The lowest BCUT2D eigenvalue weighted by atomic mass is 10.1. The Bertz CT molecular complexity index is 384. The molecule has 1 aromatic rings. The van der Waals surface area contributed by atoms with Crippen LogP contribution in [0.15, 0.2) is 18.2 Å². The molecule has 0 bridgehead atoms. The molecule has 94 valence electrons. The molecule has 0 unspecified atom stereocenters. The van der Waals surface area contributed by atoms with Crippen molar-refractivity contribution in [3.63, 3.8) is 0 Å². The Morgan fingerprint density at radius 1 is 1.29 bits per heavy atom. The Morgan fingerprint density at radius 2 is 2.06 bits per heavy atom. The van der Waals surface area contributed by atoms with Crippen molar-refractivity contribution in [2.45, 2.75) is 25.9 Å². The molecule has 1 N–H and O–H groups in total. The summed E-state index contributed by atoms with van der Waals surface area (Å²) in [7, 11) is 0. The fraction of sp³-hybridized carbons (Fsp3) is 0.538. The minimum Gasteiger partial charge on any atom is -0.454 e. The lowest BCUT2D eigenvalue weighted by molar-refractivity contribution is 0.174. The van der Waals surface area contributed by atoms with Crippen LogP contribution in [-0.4, -0.2) is 24.8 Å². The molecule has 1 aliphatic heterocycles. The van der Waals surface area contributed by atoms with Crippen LogP contribution in [0.2, 0.25) is 0 Å². The zero-order valence-corrected chi connectivity index (χ0v) is 11.3. The summed E-state index contributed by atoms with van der Waals surface area (Å²) in [5, 5.41) is 3.57. The standard InChI is InChI=1S/C13H19NO2S/c1-9(7-17-3)14-10(2)11-4-5-12-13(6-11)16-8-15-12/h4-6,9-10,14H,7-8H2,1-3H3/t9-,10+/m0/s1. The Balaban J connectivity index is 2.01. The summed E-state index contributed by atoms with van der Waals surface area (Å²) in [6.45, 7) is 4.72. The van der Waals surface area contributed by atoms with Gasteiger partial charge >= 0.3 is 0 Å². The van der Waals surface area contributed by atoms with Gasteiger partial charge in [0.05, 0.1) is 0 Å². The van der Waals surface area contributed by atoms with Gasteiger partial charge in [-0.15, -0.1) is 0 Å². The predicted octanol–water partition coefficient (Wildman–Crippen LogP) is 2.82. The summed E-state index contributed by atoms with van der Waals surface area (Å²) < 4.78 is 10.7. The van der Waals surface area contributed by atoms with E-state index < -0.39 is 0 Å². The predicted molar refractivity (Wildman–Crippen MR) is 72.0 cm³/mol. The highest BCUT2D eigenvalue weighted by molar-refractivity contribution is 7.98. The van der Waals surface area contributed by atoms with E-state index in [1.807, 2.05) is 17.8 Å². The summed E-state index contributed by atoms with van der Waals surface area (Å²) in [6.07, 6.45) is 2.13. The lowest BCUT2D eigenvalue weighted by Crippen LogP contribution is -2.30. The first-order valence-electron chi connectivity index (χ1n) is 5.85. The minimum absolute atomic E-state index is 0.326. The summed E-state index contributed by atoms with van der Waals surface area (Å²) in [5.74, 6) is 2.82. The highest BCUT2D eigenvalue weighted by Gasteiger charge is 2.16. The summed E-state index contributed by atoms with van der Waals surface area (Å²) >= 11 is 1.86. The highest BCUT2D eigenvalue weighted by atomic mass is 32.2. The number of thioether (sulfide) groups is 1. The number of fused-ring (bicyclic) bond motifs is 1. The molecule has 0 fully saturated rings. The highest BCUT2D eigenvalue weighted by Crippen LogP contribution is 2.34. The average Bonchev–Trinajstić information content (AvgIpc) is 2.75. The van der Waals surface area contributed by atoms with Crippen LogP contribution in [0.5, 0.6) is 11.5 Å². The second-order valence-corrected chi connectivity index (χ2v) is 5.27. The second-order valence-electron chi connectivity index (χ2n) is 4.36. The van der Waals surface area contributed by atoms with E-state index in [0.29, 0.717) is 18.9 Å². The molecule has 1 aliphatic rings. The van der Waals surface area contributed by atoms with Crippen molar-refractivity contribution >= 4 is 11.8 Å². The number of hydrogen-bond acceptors (Lipinski definition) is 4. The van der Waals surface area contributed by atoms with Gasteiger partial charge in [-0.1, -0.05) is 6.07 Å². The summed E-state index contributed by atoms with van der Waals surface area (Å²) in [5.41, 5.74) is 1.24. The Morgan fingerprint density at radius 3 is 2.82 bits per heavy atom. The van der Waals surface area contributed by atoms with Crippen molar-refractivity contribution in [3.05, 3.63) is 23.8 Å². The van der Waals surface area contributed by atoms with Gasteiger partial charge in [-0.25, -0.2) is 0 Å². The van der Waals surface area contributed by atoms with Crippen molar-refractivity contribution in [1.82, 2.24) is 5.32 Å². The van der Waals surface area contributed by atoms with Crippen LogP contribution in [-0.2, 0) is 0 Å². The molecule has 4 heteroatoms. The molecular formula is C13H19NO2S. The van der Waals surface area contributed by atoms with Crippen molar-refractivity contribution in [2.24, 2.45) is 0 Å². The van der Waals surface area contributed by atoms with Crippen LogP contribution in [0, 0.1) is 0 Å². The quantitative estimate of drug-likeness (QED) is 0.874. The van der Waals surface area contributed by atoms with Gasteiger partial charge in [0.1, 0.15) is 0 Å². The molecule has 3 nitrogen and oxygen atoms in total. The second kappa shape index (κ2) is 5.65. The van der Waals surface area contributed by atoms with E-state index >= 15 is 0 Å². The molecule has 0 spiro atoms. The van der Waals surface area contributed by atoms with Crippen LogP contribution >= 0.6 is 11.8 Å². The Kier molecular flexibility index (Phi) is 4.18. The number of hydrogen-bond donors (Lipinski definition) is 1. The molecule has 0 amide bonds. The van der Waals surface area contributed by atoms with Gasteiger partial charge in [0.2, 0.25) is 6.79 Å². The largest absolute Gasteiger partial charge is 0.454 e. The van der Waals surface area contributed by atoms with Gasteiger partial charge in [-0.05, 0) is 37.8 Å². The first-order valence-corrected chi connectivity index (χ1v) is 7.24. The van der Waals surface area contributed by atoms with Crippen LogP contribution in [0.3, 0.4) is 0 Å². The van der Waals surface area contributed by atoms with Crippen molar-refractivity contribution in [2.75, 3.05) is 18.8 Å². The monoisotopic (exact) mass is 253 g/mol. The van der Waals surface area contributed by atoms with E-state index in [1.54, 1.807) is 0 Å². The zero-order valence-electron chi connectivity index (χ0n) is 10.5. The maximum atomic E-state index is 5.39. The maximum Gasteiger partial charge on any atom is 0.231 e. The molecular weight excluding hydrogens is 234 g/mol. The third kappa shape index (κ3) is 3.07. The van der Waals surface area contributed by atoms with Crippen molar-refractivity contribution < 1.29 is 9.47 Å². The molecule has 1 aromatic carbocycles. The number of benzene rings is 1. The van der Waals surface area contributed by atoms with Crippen LogP contribution in [0.25, 0.3) is 0 Å². The van der Waals surface area contributed by atoms with Crippen LogP contribution < -0.4 is 14.8 Å². The fourth-order valence-electron chi connectivity index (χ4n) is 2.00. The molecule has 2 rings (SSSR count). The SMILES string of the molecule is CSC[C@H](C)N[C@H](C)c1ccc2c(c1)OCO2. The third-order valence-corrected chi connectivity index (χ3v) is 3.68. The molecule has 2 atom stereocenters. The van der Waals surface area contributed by atoms with Crippen LogP contribution in [0.1, 0.15) is 25.5 Å². The third-order valence-electron chi connectivity index (χ3n) is 2.85. The number of nitrogens with one attached hydrogen (secondary N) is 1. The van der Waals surface area contributed by atoms with Gasteiger partial charge in [0.15, 0.2) is 11.5 Å². The molecule has 0 radical (unpaired) electrons. The van der Waals surface area contributed by atoms with Gasteiger partial charge in [0.25, 0.3) is 0 Å². The van der Waals surface area contributed by atoms with Crippen LogP contribution in [0.4, 0.5) is 0 Å². The first-order chi connectivity index (χ1) is 8.20. The smallest absolute Gasteiger partial charge is 0.231 e. The number of rotatable bonds is 5. The summed E-state index contributed by atoms with van der Waals surface area (Å²) in [6, 6.07) is 6.97. The van der Waals surface area contributed by atoms with E-state index in [-0.39, 0.29) is 0 Å². The Hall–Kier alpha value is -0.870. The fourth-order valence-corrected chi connectivity index (χ4v) is 2.60. The van der Waals surface area contributed by atoms with Gasteiger partial charge in [-0.3, -0.25) is 0 Å². The maximum absolute atomic E-state index is 5.39. The molecule has 1 heterocycles. The molecule has 0 saturated heterocycles. The van der Waals surface area contributed by atoms with Gasteiger partial charge in [-0.2, -0.15) is 11.8 Å². The van der Waals surface area contributed by atoms with E-state index in [1.165, 1.54) is 5.56 Å². The normalized spacial score (nSPS) is 16.9. The molecule has 0 saturated carbocycles. The molecule has 0 aromatic heterocycles.